The largest absolute Gasteiger partial charge is 0.398 e. The Bertz CT molecular complexity index is 745. The number of nitrogen functional groups attached to an aromatic ring is 1. The van der Waals surface area contributed by atoms with Crippen LogP contribution in [0.1, 0.15) is 11.1 Å². The molecule has 2 aromatic rings. The van der Waals surface area contributed by atoms with Crippen LogP contribution in [0.5, 0.6) is 0 Å². The molecule has 6 heteroatoms. The summed E-state index contributed by atoms with van der Waals surface area (Å²) in [7, 11) is -3.73. The fraction of sp³-hybridized carbons (Fsp3) is 0.200. The number of hydrogen-bond acceptors (Lipinski definition) is 3. The summed E-state index contributed by atoms with van der Waals surface area (Å²) in [4.78, 5) is -0.104. The Hall–Kier alpha value is -1.92. The number of benzene rings is 2. The second-order valence-corrected chi connectivity index (χ2v) is 6.55. The van der Waals surface area contributed by atoms with E-state index < -0.39 is 15.8 Å². The molecule has 0 aliphatic carbocycles. The quantitative estimate of drug-likeness (QED) is 0.832. The fourth-order valence-corrected chi connectivity index (χ4v) is 3.18. The first-order valence-electron chi connectivity index (χ1n) is 6.49. The van der Waals surface area contributed by atoms with E-state index in [1.807, 2.05) is 31.2 Å². The van der Waals surface area contributed by atoms with E-state index in [1.54, 1.807) is 0 Å². The van der Waals surface area contributed by atoms with Crippen LogP contribution in [-0.4, -0.2) is 15.0 Å². The molecule has 0 aliphatic heterocycles. The van der Waals surface area contributed by atoms with Crippen LogP contribution in [0, 0.1) is 12.7 Å². The molecule has 0 saturated carbocycles. The summed E-state index contributed by atoms with van der Waals surface area (Å²) in [5.41, 5.74) is 7.62. The van der Waals surface area contributed by atoms with Crippen molar-refractivity contribution in [3.8, 4) is 0 Å². The average Bonchev–Trinajstić information content (AvgIpc) is 2.38. The lowest BCUT2D eigenvalue weighted by molar-refractivity contribution is 0.581. The van der Waals surface area contributed by atoms with Gasteiger partial charge < -0.3 is 5.73 Å². The van der Waals surface area contributed by atoms with Crippen LogP contribution in [-0.2, 0) is 16.4 Å². The van der Waals surface area contributed by atoms with Crippen LogP contribution >= 0.6 is 0 Å². The number of nitrogens with one attached hydrogen (secondary N) is 1. The number of nitrogens with two attached hydrogens (primary N) is 1. The highest BCUT2D eigenvalue weighted by molar-refractivity contribution is 7.89. The summed E-state index contributed by atoms with van der Waals surface area (Å²) in [5.74, 6) is -0.564. The van der Waals surface area contributed by atoms with Gasteiger partial charge in [-0.1, -0.05) is 29.8 Å². The van der Waals surface area contributed by atoms with E-state index in [-0.39, 0.29) is 17.1 Å². The highest BCUT2D eigenvalue weighted by Crippen LogP contribution is 2.18. The van der Waals surface area contributed by atoms with Crippen molar-refractivity contribution in [2.24, 2.45) is 0 Å². The monoisotopic (exact) mass is 308 g/mol. The van der Waals surface area contributed by atoms with Gasteiger partial charge in [0.2, 0.25) is 10.0 Å². The molecule has 0 spiro atoms. The summed E-state index contributed by atoms with van der Waals surface area (Å²) in [5, 5.41) is 0. The second-order valence-electron chi connectivity index (χ2n) is 4.82. The Morgan fingerprint density at radius 1 is 1.19 bits per heavy atom. The normalized spacial score (nSPS) is 11.5. The summed E-state index contributed by atoms with van der Waals surface area (Å²) >= 11 is 0. The minimum absolute atomic E-state index is 0.0990. The minimum Gasteiger partial charge on any atom is -0.398 e. The van der Waals surface area contributed by atoms with Crippen molar-refractivity contribution in [3.05, 3.63) is 59.4 Å². The van der Waals surface area contributed by atoms with Crippen molar-refractivity contribution < 1.29 is 12.8 Å². The number of hydrogen-bond donors (Lipinski definition) is 2. The molecule has 0 fully saturated rings. The van der Waals surface area contributed by atoms with E-state index >= 15 is 0 Å². The number of halogens is 1. The fourth-order valence-electron chi connectivity index (χ4n) is 2.04. The number of anilines is 1. The lowest BCUT2D eigenvalue weighted by Crippen LogP contribution is -2.26. The summed E-state index contributed by atoms with van der Waals surface area (Å²) in [6.45, 7) is 2.23. The molecule has 21 heavy (non-hydrogen) atoms. The van der Waals surface area contributed by atoms with Crippen LogP contribution in [0.15, 0.2) is 47.4 Å². The lowest BCUT2D eigenvalue weighted by Gasteiger charge is -2.09. The van der Waals surface area contributed by atoms with Crippen molar-refractivity contribution in [2.45, 2.75) is 18.2 Å². The Balaban J connectivity index is 2.05. The van der Waals surface area contributed by atoms with Gasteiger partial charge in [0.05, 0.1) is 5.69 Å². The molecule has 0 aromatic heterocycles. The lowest BCUT2D eigenvalue weighted by atomic mass is 10.1. The predicted octanol–water partition coefficient (Wildman–Crippen LogP) is 2.24. The van der Waals surface area contributed by atoms with Crippen LogP contribution in [0.3, 0.4) is 0 Å². The molecule has 2 rings (SSSR count). The molecule has 0 radical (unpaired) electrons. The zero-order valence-electron chi connectivity index (χ0n) is 11.6. The molecular formula is C15H17FN2O2S. The first-order valence-corrected chi connectivity index (χ1v) is 7.97. The smallest absolute Gasteiger partial charge is 0.242 e. The molecular weight excluding hydrogens is 291 g/mol. The van der Waals surface area contributed by atoms with Crippen LogP contribution in [0.2, 0.25) is 0 Å². The molecule has 0 amide bonds. The SMILES string of the molecule is Cc1cccc(CCNS(=O)(=O)c2ccc(F)cc2N)c1. The van der Waals surface area contributed by atoms with Crippen molar-refractivity contribution in [1.29, 1.82) is 0 Å². The molecule has 0 aliphatic rings. The molecule has 0 bridgehead atoms. The van der Waals surface area contributed by atoms with E-state index in [2.05, 4.69) is 4.72 Å². The average molecular weight is 308 g/mol. The van der Waals surface area contributed by atoms with Crippen molar-refractivity contribution in [2.75, 3.05) is 12.3 Å². The van der Waals surface area contributed by atoms with Gasteiger partial charge in [0.25, 0.3) is 0 Å². The summed E-state index contributed by atoms with van der Waals surface area (Å²) < 4.78 is 39.6. The zero-order valence-corrected chi connectivity index (χ0v) is 12.5. The minimum atomic E-state index is -3.73. The Morgan fingerprint density at radius 3 is 2.62 bits per heavy atom. The standard InChI is InChI=1S/C15H17FN2O2S/c1-11-3-2-4-12(9-11)7-8-18-21(19,20)15-6-5-13(16)10-14(15)17/h2-6,9-10,18H,7-8,17H2,1H3. The van der Waals surface area contributed by atoms with Gasteiger partial charge in [-0.2, -0.15) is 0 Å². The van der Waals surface area contributed by atoms with Gasteiger partial charge in [-0.3, -0.25) is 0 Å². The van der Waals surface area contributed by atoms with Crippen molar-refractivity contribution in [3.63, 3.8) is 0 Å². The van der Waals surface area contributed by atoms with Crippen LogP contribution in [0.4, 0.5) is 10.1 Å². The summed E-state index contributed by atoms with van der Waals surface area (Å²) in [6.07, 6.45) is 0.571. The van der Waals surface area contributed by atoms with Gasteiger partial charge >= 0.3 is 0 Å². The summed E-state index contributed by atoms with van der Waals surface area (Å²) in [6, 6.07) is 11.1. The Morgan fingerprint density at radius 2 is 1.95 bits per heavy atom. The number of rotatable bonds is 5. The zero-order chi connectivity index (χ0) is 15.5. The Labute approximate surface area is 123 Å². The molecule has 4 nitrogen and oxygen atoms in total. The van der Waals surface area contributed by atoms with E-state index in [0.717, 1.165) is 23.3 Å². The molecule has 112 valence electrons. The van der Waals surface area contributed by atoms with E-state index in [9.17, 15) is 12.8 Å². The van der Waals surface area contributed by atoms with Crippen molar-refractivity contribution in [1.82, 2.24) is 4.72 Å². The maximum Gasteiger partial charge on any atom is 0.242 e. The maximum absolute atomic E-state index is 13.0. The first-order chi connectivity index (χ1) is 9.88. The van der Waals surface area contributed by atoms with Gasteiger partial charge in [-0.15, -0.1) is 0 Å². The van der Waals surface area contributed by atoms with E-state index in [1.165, 1.54) is 6.07 Å². The predicted molar refractivity (Wildman–Crippen MR) is 80.9 cm³/mol. The molecule has 3 N–H and O–H groups in total. The maximum atomic E-state index is 13.0. The molecule has 0 atom stereocenters. The van der Waals surface area contributed by atoms with Crippen LogP contribution < -0.4 is 10.5 Å². The second kappa shape index (κ2) is 6.24. The number of aryl methyl sites for hydroxylation is 1. The molecule has 0 heterocycles. The van der Waals surface area contributed by atoms with Gasteiger partial charge in [-0.05, 0) is 37.1 Å². The van der Waals surface area contributed by atoms with Crippen molar-refractivity contribution >= 4 is 15.7 Å². The highest BCUT2D eigenvalue weighted by Gasteiger charge is 2.17. The molecule has 2 aromatic carbocycles. The molecule has 0 unspecified atom stereocenters. The van der Waals surface area contributed by atoms with Gasteiger partial charge in [0.1, 0.15) is 10.7 Å². The third kappa shape index (κ3) is 4.03. The third-order valence-corrected chi connectivity index (χ3v) is 4.58. The van der Waals surface area contributed by atoms with Gasteiger partial charge in [0, 0.05) is 6.54 Å². The van der Waals surface area contributed by atoms with Gasteiger partial charge in [-0.25, -0.2) is 17.5 Å². The Kier molecular flexibility index (Phi) is 4.59. The topological polar surface area (TPSA) is 72.2 Å². The first kappa shape index (κ1) is 15.5. The molecule has 0 saturated heterocycles. The number of sulfonamides is 1. The van der Waals surface area contributed by atoms with E-state index in [4.69, 9.17) is 5.73 Å². The van der Waals surface area contributed by atoms with Gasteiger partial charge in [0.15, 0.2) is 0 Å². The van der Waals surface area contributed by atoms with E-state index in [0.29, 0.717) is 6.42 Å². The third-order valence-electron chi connectivity index (χ3n) is 3.05. The van der Waals surface area contributed by atoms with Crippen LogP contribution in [0.25, 0.3) is 0 Å². The highest BCUT2D eigenvalue weighted by atomic mass is 32.2.